The van der Waals surface area contributed by atoms with Gasteiger partial charge in [0.2, 0.25) is 15.9 Å². The van der Waals surface area contributed by atoms with Crippen LogP contribution in [0.25, 0.3) is 0 Å². The first-order valence-corrected chi connectivity index (χ1v) is 10.6. The Morgan fingerprint density at radius 1 is 1.04 bits per heavy atom. The van der Waals surface area contributed by atoms with Crippen molar-refractivity contribution in [3.63, 3.8) is 0 Å². The number of aryl methyl sites for hydroxylation is 1. The molecule has 0 aliphatic rings. The first kappa shape index (κ1) is 21.4. The fourth-order valence-electron chi connectivity index (χ4n) is 2.24. The second-order valence-corrected chi connectivity index (χ2v) is 9.15. The summed E-state index contributed by atoms with van der Waals surface area (Å²) in [5.41, 5.74) is 1.14. The molecule has 2 aromatic carbocycles. The highest BCUT2D eigenvalue weighted by atomic mass is 79.9. The lowest BCUT2D eigenvalue weighted by molar-refractivity contribution is -0.130. The van der Waals surface area contributed by atoms with Crippen LogP contribution >= 0.6 is 15.9 Å². The van der Waals surface area contributed by atoms with Gasteiger partial charge < -0.3 is 9.64 Å². The Balaban J connectivity index is 1.87. The molecule has 0 unspecified atom stereocenters. The average Bonchev–Trinajstić information content (AvgIpc) is 2.63. The van der Waals surface area contributed by atoms with E-state index in [0.29, 0.717) is 13.2 Å². The molecule has 2 aromatic rings. The van der Waals surface area contributed by atoms with Gasteiger partial charge in [-0.15, -0.1) is 0 Å². The number of likely N-dealkylation sites (N-methyl/N-ethyl adjacent to an activating group) is 2. The number of hydrogen-bond acceptors (Lipinski definition) is 4. The minimum atomic E-state index is -3.72. The van der Waals surface area contributed by atoms with E-state index in [1.165, 1.54) is 24.1 Å². The number of rotatable bonds is 8. The maximum Gasteiger partial charge on any atom is 0.243 e. The minimum absolute atomic E-state index is 0.145. The summed E-state index contributed by atoms with van der Waals surface area (Å²) in [5.74, 6) is 0.432. The number of amides is 1. The molecule has 1 amide bonds. The molecule has 0 atom stereocenters. The summed E-state index contributed by atoms with van der Waals surface area (Å²) >= 11 is 3.27. The molecule has 0 saturated carbocycles. The molecular weight excluding hydrogens is 432 g/mol. The number of carbonyl (C=O) groups is 1. The van der Waals surface area contributed by atoms with Crippen molar-refractivity contribution in [3.8, 4) is 5.75 Å². The van der Waals surface area contributed by atoms with E-state index in [-0.39, 0.29) is 17.3 Å². The summed E-state index contributed by atoms with van der Waals surface area (Å²) in [6.07, 6.45) is 0. The van der Waals surface area contributed by atoms with Crippen LogP contribution in [0.3, 0.4) is 0 Å². The van der Waals surface area contributed by atoms with Gasteiger partial charge in [0.05, 0.1) is 18.0 Å². The Kier molecular flexibility index (Phi) is 7.41. The van der Waals surface area contributed by atoms with Crippen molar-refractivity contribution >= 4 is 31.9 Å². The number of hydrogen-bond donors (Lipinski definition) is 0. The van der Waals surface area contributed by atoms with Crippen LogP contribution in [0, 0.1) is 6.92 Å². The molecule has 0 radical (unpaired) electrons. The monoisotopic (exact) mass is 454 g/mol. The van der Waals surface area contributed by atoms with Crippen LogP contribution in [-0.2, 0) is 14.8 Å². The number of benzene rings is 2. The molecule has 6 nitrogen and oxygen atoms in total. The third kappa shape index (κ3) is 6.05. The highest BCUT2D eigenvalue weighted by molar-refractivity contribution is 9.10. The zero-order valence-corrected chi connectivity index (χ0v) is 18.0. The quantitative estimate of drug-likeness (QED) is 0.614. The topological polar surface area (TPSA) is 66.9 Å². The molecule has 8 heteroatoms. The summed E-state index contributed by atoms with van der Waals surface area (Å²) < 4.78 is 32.5. The van der Waals surface area contributed by atoms with E-state index in [9.17, 15) is 13.2 Å². The number of carbonyl (C=O) groups excluding carboxylic acids is 1. The molecule has 2 rings (SSSR count). The Hall–Kier alpha value is -1.90. The van der Waals surface area contributed by atoms with Crippen molar-refractivity contribution in [2.45, 2.75) is 11.8 Å². The molecule has 146 valence electrons. The zero-order chi connectivity index (χ0) is 20.0. The molecule has 0 aliphatic heterocycles. The summed E-state index contributed by atoms with van der Waals surface area (Å²) in [4.78, 5) is 13.9. The van der Waals surface area contributed by atoms with Gasteiger partial charge in [0.1, 0.15) is 12.4 Å². The van der Waals surface area contributed by atoms with Gasteiger partial charge in [-0.1, -0.05) is 33.6 Å². The molecule has 0 bridgehead atoms. The van der Waals surface area contributed by atoms with Gasteiger partial charge in [-0.25, -0.2) is 8.42 Å². The molecule has 27 heavy (non-hydrogen) atoms. The maximum atomic E-state index is 12.5. The van der Waals surface area contributed by atoms with E-state index in [1.54, 1.807) is 19.2 Å². The Labute approximate surface area is 168 Å². The van der Waals surface area contributed by atoms with Crippen molar-refractivity contribution < 1.29 is 17.9 Å². The Morgan fingerprint density at radius 3 is 2.22 bits per heavy atom. The summed E-state index contributed by atoms with van der Waals surface area (Å²) in [7, 11) is -0.697. The van der Waals surface area contributed by atoms with Crippen LogP contribution in [0.1, 0.15) is 5.56 Å². The molecule has 0 fully saturated rings. The first-order valence-electron chi connectivity index (χ1n) is 8.35. The lowest BCUT2D eigenvalue weighted by Crippen LogP contribution is -2.40. The van der Waals surface area contributed by atoms with Gasteiger partial charge in [0.25, 0.3) is 0 Å². The Bertz CT molecular complexity index is 868. The molecule has 0 aliphatic carbocycles. The lowest BCUT2D eigenvalue weighted by atomic mass is 10.2. The average molecular weight is 455 g/mol. The predicted octanol–water partition coefficient (Wildman–Crippen LogP) is 2.92. The van der Waals surface area contributed by atoms with E-state index in [2.05, 4.69) is 15.9 Å². The third-order valence-corrected chi connectivity index (χ3v) is 6.37. The highest BCUT2D eigenvalue weighted by Gasteiger charge is 2.24. The summed E-state index contributed by atoms with van der Waals surface area (Å²) in [6.45, 7) is 2.45. The standard InChI is InChI=1S/C19H23BrN2O4S/c1-15-4-8-17(9-5-15)26-13-12-21(2)19(23)14-22(3)27(24,25)18-10-6-16(20)7-11-18/h4-11H,12-14H2,1-3H3. The van der Waals surface area contributed by atoms with E-state index in [4.69, 9.17) is 4.74 Å². The number of ether oxygens (including phenoxy) is 1. The lowest BCUT2D eigenvalue weighted by Gasteiger charge is -2.22. The summed E-state index contributed by atoms with van der Waals surface area (Å²) in [5, 5.41) is 0. The SMILES string of the molecule is Cc1ccc(OCCN(C)C(=O)CN(C)S(=O)(=O)c2ccc(Br)cc2)cc1. The number of halogens is 1. The molecule has 0 saturated heterocycles. The van der Waals surface area contributed by atoms with E-state index in [1.807, 2.05) is 31.2 Å². The second kappa shape index (κ2) is 9.34. The number of sulfonamides is 1. The van der Waals surface area contributed by atoms with E-state index < -0.39 is 10.0 Å². The van der Waals surface area contributed by atoms with Crippen LogP contribution < -0.4 is 4.74 Å². The van der Waals surface area contributed by atoms with Crippen molar-refractivity contribution in [1.29, 1.82) is 0 Å². The van der Waals surface area contributed by atoms with Crippen LogP contribution in [0.2, 0.25) is 0 Å². The highest BCUT2D eigenvalue weighted by Crippen LogP contribution is 2.18. The third-order valence-electron chi connectivity index (χ3n) is 4.02. The predicted molar refractivity (Wildman–Crippen MR) is 108 cm³/mol. The maximum absolute atomic E-state index is 12.5. The van der Waals surface area contributed by atoms with Crippen LogP contribution in [0.15, 0.2) is 57.9 Å². The fraction of sp³-hybridized carbons (Fsp3) is 0.316. The molecule has 0 aromatic heterocycles. The van der Waals surface area contributed by atoms with Gasteiger partial charge in [-0.3, -0.25) is 4.79 Å². The van der Waals surface area contributed by atoms with Crippen LogP contribution in [-0.4, -0.2) is 57.3 Å². The van der Waals surface area contributed by atoms with Crippen molar-refractivity contribution in [1.82, 2.24) is 9.21 Å². The van der Waals surface area contributed by atoms with Crippen LogP contribution in [0.4, 0.5) is 0 Å². The van der Waals surface area contributed by atoms with Crippen molar-refractivity contribution in [3.05, 3.63) is 58.6 Å². The zero-order valence-electron chi connectivity index (χ0n) is 15.6. The van der Waals surface area contributed by atoms with Gasteiger partial charge in [0, 0.05) is 18.6 Å². The van der Waals surface area contributed by atoms with Gasteiger partial charge >= 0.3 is 0 Å². The van der Waals surface area contributed by atoms with Gasteiger partial charge in [-0.2, -0.15) is 4.31 Å². The molecule has 0 spiro atoms. The van der Waals surface area contributed by atoms with Gasteiger partial charge in [-0.05, 0) is 43.3 Å². The molecule has 0 heterocycles. The molecule has 0 N–H and O–H groups in total. The van der Waals surface area contributed by atoms with E-state index in [0.717, 1.165) is 20.1 Å². The smallest absolute Gasteiger partial charge is 0.243 e. The largest absolute Gasteiger partial charge is 0.492 e. The normalized spacial score (nSPS) is 11.4. The number of nitrogens with zero attached hydrogens (tertiary/aromatic N) is 2. The van der Waals surface area contributed by atoms with Crippen molar-refractivity contribution in [2.24, 2.45) is 0 Å². The summed E-state index contributed by atoms with van der Waals surface area (Å²) in [6, 6.07) is 13.9. The van der Waals surface area contributed by atoms with Crippen molar-refractivity contribution in [2.75, 3.05) is 33.8 Å². The Morgan fingerprint density at radius 2 is 1.63 bits per heavy atom. The minimum Gasteiger partial charge on any atom is -0.492 e. The fourth-order valence-corrected chi connectivity index (χ4v) is 3.63. The van der Waals surface area contributed by atoms with Gasteiger partial charge in [0.15, 0.2) is 0 Å². The van der Waals surface area contributed by atoms with E-state index >= 15 is 0 Å². The first-order chi connectivity index (χ1) is 12.7. The van der Waals surface area contributed by atoms with Crippen LogP contribution in [0.5, 0.6) is 5.75 Å². The second-order valence-electron chi connectivity index (χ2n) is 6.19. The molecular formula is C19H23BrN2O4S.